The summed E-state index contributed by atoms with van der Waals surface area (Å²) < 4.78 is 5.04. The van der Waals surface area contributed by atoms with Gasteiger partial charge in [0.15, 0.2) is 5.13 Å². The number of nitrogens with zero attached hydrogens (tertiary/aromatic N) is 1. The Morgan fingerprint density at radius 1 is 1.53 bits per heavy atom. The highest BCUT2D eigenvalue weighted by Gasteiger charge is 2.16. The second-order valence-electron chi connectivity index (χ2n) is 3.41. The monoisotopic (exact) mass is 316 g/mol. The van der Waals surface area contributed by atoms with Crippen LogP contribution in [0, 0.1) is 0 Å². The van der Waals surface area contributed by atoms with Gasteiger partial charge in [-0.1, -0.05) is 0 Å². The number of anilines is 1. The minimum absolute atomic E-state index is 0. The molecule has 0 bridgehead atoms. The number of esters is 1. The fourth-order valence-electron chi connectivity index (χ4n) is 1.38. The molecule has 0 aliphatic heterocycles. The molecule has 19 heavy (non-hydrogen) atoms. The van der Waals surface area contributed by atoms with Gasteiger partial charge in [-0.2, -0.15) is 11.3 Å². The van der Waals surface area contributed by atoms with Crippen molar-refractivity contribution in [2.75, 3.05) is 12.3 Å². The Bertz CT molecular complexity index is 564. The summed E-state index contributed by atoms with van der Waals surface area (Å²) in [6.45, 7) is 2.11. The highest BCUT2D eigenvalue weighted by Crippen LogP contribution is 2.23. The third-order valence-electron chi connectivity index (χ3n) is 2.15. The molecule has 2 N–H and O–H groups in total. The number of carbonyl (C=O) groups excluding carboxylic acids is 1. The Morgan fingerprint density at radius 3 is 2.84 bits per heavy atom. The highest BCUT2D eigenvalue weighted by atomic mass is 35.5. The number of hydrogen-bond acceptors (Lipinski definition) is 6. The average Bonchev–Trinajstić information content (AvgIpc) is 2.97. The van der Waals surface area contributed by atoms with E-state index in [4.69, 9.17) is 10.5 Å². The fraction of sp³-hybridized carbons (Fsp3) is 0.167. The molecule has 0 saturated carbocycles. The van der Waals surface area contributed by atoms with Gasteiger partial charge in [-0.15, -0.1) is 23.7 Å². The Balaban J connectivity index is 0.00000180. The molecule has 0 atom stereocenters. The van der Waals surface area contributed by atoms with Crippen LogP contribution in [0.2, 0.25) is 0 Å². The normalized spacial score (nSPS) is 10.9. The Labute approximate surface area is 125 Å². The molecular formula is C12H13ClN2O2S2. The van der Waals surface area contributed by atoms with Crippen molar-refractivity contribution in [1.29, 1.82) is 0 Å². The van der Waals surface area contributed by atoms with Crippen LogP contribution in [0.5, 0.6) is 0 Å². The minimum Gasteiger partial charge on any atom is -0.462 e. The molecule has 0 saturated heterocycles. The van der Waals surface area contributed by atoms with Crippen LogP contribution in [0.3, 0.4) is 0 Å². The van der Waals surface area contributed by atoms with E-state index in [0.29, 0.717) is 23.0 Å². The number of thiazole rings is 1. The maximum Gasteiger partial charge on any atom is 0.340 e. The summed E-state index contributed by atoms with van der Waals surface area (Å²) in [6, 6.07) is 1.93. The largest absolute Gasteiger partial charge is 0.462 e. The van der Waals surface area contributed by atoms with Crippen molar-refractivity contribution >= 4 is 57.8 Å². The molecular weight excluding hydrogens is 304 g/mol. The van der Waals surface area contributed by atoms with E-state index < -0.39 is 0 Å². The van der Waals surface area contributed by atoms with Gasteiger partial charge in [0, 0.05) is 5.38 Å². The molecule has 2 heterocycles. The van der Waals surface area contributed by atoms with Crippen molar-refractivity contribution in [3.05, 3.63) is 33.5 Å². The number of ether oxygens (including phenoxy) is 1. The molecule has 2 rings (SSSR count). The van der Waals surface area contributed by atoms with Gasteiger partial charge in [0.2, 0.25) is 0 Å². The van der Waals surface area contributed by atoms with E-state index in [-0.39, 0.29) is 18.4 Å². The number of rotatable bonds is 4. The van der Waals surface area contributed by atoms with Gasteiger partial charge in [0.1, 0.15) is 0 Å². The van der Waals surface area contributed by atoms with Gasteiger partial charge in [-0.25, -0.2) is 9.78 Å². The van der Waals surface area contributed by atoms with Crippen molar-refractivity contribution in [2.45, 2.75) is 6.92 Å². The number of halogens is 1. The first kappa shape index (κ1) is 15.7. The van der Waals surface area contributed by atoms with Gasteiger partial charge < -0.3 is 10.5 Å². The number of hydrogen-bond donors (Lipinski definition) is 1. The first-order chi connectivity index (χ1) is 8.70. The molecule has 0 aliphatic rings. The van der Waals surface area contributed by atoms with Gasteiger partial charge in [-0.05, 0) is 35.4 Å². The molecule has 2 aromatic heterocycles. The van der Waals surface area contributed by atoms with Crippen LogP contribution in [0.1, 0.15) is 18.2 Å². The third-order valence-corrected chi connectivity index (χ3v) is 3.52. The van der Waals surface area contributed by atoms with E-state index in [1.165, 1.54) is 11.3 Å². The number of carbonyl (C=O) groups is 1. The van der Waals surface area contributed by atoms with Crippen molar-refractivity contribution in [3.63, 3.8) is 0 Å². The van der Waals surface area contributed by atoms with Gasteiger partial charge >= 0.3 is 5.97 Å². The lowest BCUT2D eigenvalue weighted by molar-refractivity contribution is -0.136. The predicted octanol–water partition coefficient (Wildman–Crippen LogP) is 3.31. The number of thiophene rings is 1. The van der Waals surface area contributed by atoms with Crippen LogP contribution < -0.4 is 5.73 Å². The van der Waals surface area contributed by atoms with E-state index in [9.17, 15) is 4.79 Å². The van der Waals surface area contributed by atoms with Crippen molar-refractivity contribution < 1.29 is 9.53 Å². The quantitative estimate of drug-likeness (QED) is 0.694. The van der Waals surface area contributed by atoms with Gasteiger partial charge in [0.25, 0.3) is 0 Å². The van der Waals surface area contributed by atoms with E-state index in [1.807, 2.05) is 16.8 Å². The van der Waals surface area contributed by atoms with Crippen LogP contribution in [0.25, 0.3) is 11.6 Å². The topological polar surface area (TPSA) is 65.2 Å². The van der Waals surface area contributed by atoms with Crippen LogP contribution in [-0.4, -0.2) is 17.6 Å². The first-order valence-corrected chi connectivity index (χ1v) is 7.15. The summed E-state index contributed by atoms with van der Waals surface area (Å²) in [5, 5.41) is 6.09. The molecule has 0 fully saturated rings. The Kier molecular flexibility index (Phi) is 6.01. The summed E-state index contributed by atoms with van der Waals surface area (Å²) in [7, 11) is 0. The second kappa shape index (κ2) is 7.28. The molecule has 0 spiro atoms. The third kappa shape index (κ3) is 4.05. The lowest BCUT2D eigenvalue weighted by Gasteiger charge is -2.03. The van der Waals surface area contributed by atoms with Crippen LogP contribution in [0.4, 0.5) is 5.13 Å². The summed E-state index contributed by atoms with van der Waals surface area (Å²) in [5.74, 6) is -0.381. The lowest BCUT2D eigenvalue weighted by Crippen LogP contribution is -2.07. The maximum atomic E-state index is 11.9. The maximum absolute atomic E-state index is 11.9. The highest BCUT2D eigenvalue weighted by molar-refractivity contribution is 7.13. The zero-order chi connectivity index (χ0) is 13.0. The summed E-state index contributed by atoms with van der Waals surface area (Å²) in [5.41, 5.74) is 7.54. The first-order valence-electron chi connectivity index (χ1n) is 5.33. The number of nitrogens with two attached hydrogens (primary N) is 1. The molecule has 102 valence electrons. The molecule has 0 unspecified atom stereocenters. The smallest absolute Gasteiger partial charge is 0.340 e. The molecule has 0 aliphatic carbocycles. The lowest BCUT2D eigenvalue weighted by atomic mass is 10.1. The predicted molar refractivity (Wildman–Crippen MR) is 82.6 cm³/mol. The van der Waals surface area contributed by atoms with Gasteiger partial charge in [0.05, 0.1) is 17.9 Å². The Morgan fingerprint density at radius 2 is 2.32 bits per heavy atom. The SMILES string of the molecule is CCOC(=O)/C(=C\c1ccsc1)c1csc(N)n1.Cl. The van der Waals surface area contributed by atoms with E-state index in [0.717, 1.165) is 5.56 Å². The molecule has 0 amide bonds. The molecule has 7 heteroatoms. The summed E-state index contributed by atoms with van der Waals surface area (Å²) >= 11 is 2.87. The minimum atomic E-state index is -0.381. The number of nitrogen functional groups attached to an aromatic ring is 1. The Hall–Kier alpha value is -1.37. The molecule has 2 aromatic rings. The van der Waals surface area contributed by atoms with Gasteiger partial charge in [-0.3, -0.25) is 0 Å². The van der Waals surface area contributed by atoms with E-state index in [1.54, 1.807) is 29.7 Å². The van der Waals surface area contributed by atoms with Crippen molar-refractivity contribution in [3.8, 4) is 0 Å². The zero-order valence-corrected chi connectivity index (χ0v) is 12.6. The zero-order valence-electron chi connectivity index (χ0n) is 10.2. The van der Waals surface area contributed by atoms with E-state index >= 15 is 0 Å². The molecule has 0 radical (unpaired) electrons. The van der Waals surface area contributed by atoms with E-state index in [2.05, 4.69) is 4.98 Å². The summed E-state index contributed by atoms with van der Waals surface area (Å²) in [4.78, 5) is 16.0. The average molecular weight is 317 g/mol. The van der Waals surface area contributed by atoms with Crippen molar-refractivity contribution in [1.82, 2.24) is 4.98 Å². The summed E-state index contributed by atoms with van der Waals surface area (Å²) in [6.07, 6.45) is 1.77. The van der Waals surface area contributed by atoms with Crippen LogP contribution in [0.15, 0.2) is 22.2 Å². The number of aromatic nitrogens is 1. The van der Waals surface area contributed by atoms with Crippen LogP contribution >= 0.6 is 35.1 Å². The molecule has 0 aromatic carbocycles. The van der Waals surface area contributed by atoms with Crippen molar-refractivity contribution in [2.24, 2.45) is 0 Å². The standard InChI is InChI=1S/C12H12N2O2S2.ClH/c1-2-16-11(15)9(5-8-3-4-17-6-8)10-7-18-12(13)14-10;/h3-7H,2H2,1H3,(H2,13,14);1H/b9-5-;. The molecule has 4 nitrogen and oxygen atoms in total. The second-order valence-corrected chi connectivity index (χ2v) is 5.08. The fourth-order valence-corrected chi connectivity index (χ4v) is 2.56. The van der Waals surface area contributed by atoms with Crippen LogP contribution in [-0.2, 0) is 9.53 Å².